The zero-order valence-electron chi connectivity index (χ0n) is 9.79. The summed E-state index contributed by atoms with van der Waals surface area (Å²) in [5, 5.41) is 3.91. The van der Waals surface area contributed by atoms with Gasteiger partial charge in [-0.05, 0) is 35.9 Å². The molecule has 2 rings (SSSR count). The van der Waals surface area contributed by atoms with Crippen LogP contribution in [0.3, 0.4) is 0 Å². The van der Waals surface area contributed by atoms with Crippen LogP contribution in [0.4, 0.5) is 0 Å². The molecule has 5 heteroatoms. The maximum atomic E-state index is 12.0. The summed E-state index contributed by atoms with van der Waals surface area (Å²) in [4.78, 5) is 12.0. The monoisotopic (exact) mass is 357 g/mol. The molecule has 0 fully saturated rings. The maximum absolute atomic E-state index is 12.0. The van der Waals surface area contributed by atoms with E-state index in [0.717, 1.165) is 10.0 Å². The van der Waals surface area contributed by atoms with Crippen molar-refractivity contribution < 1.29 is 4.79 Å². The first-order valence-electron chi connectivity index (χ1n) is 5.54. The number of rotatable bonds is 3. The molecule has 19 heavy (non-hydrogen) atoms. The molecule has 2 aromatic carbocycles. The molecule has 0 atom stereocenters. The van der Waals surface area contributed by atoms with Gasteiger partial charge in [0.25, 0.3) is 5.91 Å². The van der Waals surface area contributed by atoms with Crippen LogP contribution in [0.2, 0.25) is 10.0 Å². The highest BCUT2D eigenvalue weighted by Crippen LogP contribution is 2.21. The summed E-state index contributed by atoms with van der Waals surface area (Å²) in [6, 6.07) is 12.5. The predicted molar refractivity (Wildman–Crippen MR) is 81.8 cm³/mol. The lowest BCUT2D eigenvalue weighted by Gasteiger charge is -2.07. The summed E-state index contributed by atoms with van der Waals surface area (Å²) in [5.74, 6) is -0.207. The van der Waals surface area contributed by atoms with E-state index in [4.69, 9.17) is 23.2 Å². The lowest BCUT2D eigenvalue weighted by molar-refractivity contribution is 0.0951. The molecule has 1 amide bonds. The minimum absolute atomic E-state index is 0.207. The SMILES string of the molecule is O=C(NCc1ccc(Cl)cc1)c1cc(Br)ccc1Cl. The Morgan fingerprint density at radius 2 is 1.79 bits per heavy atom. The number of benzene rings is 2. The van der Waals surface area contributed by atoms with E-state index in [0.29, 0.717) is 22.2 Å². The third kappa shape index (κ3) is 3.96. The van der Waals surface area contributed by atoms with Gasteiger partial charge < -0.3 is 5.32 Å². The summed E-state index contributed by atoms with van der Waals surface area (Å²) < 4.78 is 0.813. The van der Waals surface area contributed by atoms with E-state index in [9.17, 15) is 4.79 Å². The number of hydrogen-bond donors (Lipinski definition) is 1. The maximum Gasteiger partial charge on any atom is 0.253 e. The van der Waals surface area contributed by atoms with Crippen LogP contribution in [-0.4, -0.2) is 5.91 Å². The highest BCUT2D eigenvalue weighted by molar-refractivity contribution is 9.10. The molecule has 0 unspecified atom stereocenters. The zero-order valence-corrected chi connectivity index (χ0v) is 12.9. The third-order valence-corrected chi connectivity index (χ3v) is 3.61. The van der Waals surface area contributed by atoms with E-state index in [1.165, 1.54) is 0 Å². The number of halogens is 3. The molecule has 0 aliphatic carbocycles. The van der Waals surface area contributed by atoms with Gasteiger partial charge in [-0.1, -0.05) is 51.3 Å². The van der Waals surface area contributed by atoms with Gasteiger partial charge in [-0.25, -0.2) is 0 Å². The van der Waals surface area contributed by atoms with Gasteiger partial charge in [-0.15, -0.1) is 0 Å². The van der Waals surface area contributed by atoms with Gasteiger partial charge in [0.15, 0.2) is 0 Å². The first-order chi connectivity index (χ1) is 9.06. The lowest BCUT2D eigenvalue weighted by Crippen LogP contribution is -2.23. The second-order valence-corrected chi connectivity index (χ2v) is 5.69. The molecular formula is C14H10BrCl2NO. The molecule has 0 heterocycles. The van der Waals surface area contributed by atoms with Crippen molar-refractivity contribution in [2.45, 2.75) is 6.54 Å². The Kier molecular flexibility index (Phi) is 4.86. The summed E-state index contributed by atoms with van der Waals surface area (Å²) in [5.41, 5.74) is 1.42. The van der Waals surface area contributed by atoms with Crippen LogP contribution in [0, 0.1) is 0 Å². The largest absolute Gasteiger partial charge is 0.348 e. The molecule has 98 valence electrons. The second-order valence-electron chi connectivity index (χ2n) is 3.93. The van der Waals surface area contributed by atoms with Crippen LogP contribution in [0.15, 0.2) is 46.9 Å². The number of amides is 1. The van der Waals surface area contributed by atoms with Crippen molar-refractivity contribution in [2.75, 3.05) is 0 Å². The highest BCUT2D eigenvalue weighted by atomic mass is 79.9. The average molecular weight is 359 g/mol. The minimum atomic E-state index is -0.207. The summed E-state index contributed by atoms with van der Waals surface area (Å²) in [7, 11) is 0. The molecule has 0 aliphatic rings. The third-order valence-electron chi connectivity index (χ3n) is 2.54. The van der Waals surface area contributed by atoms with Crippen LogP contribution in [0.5, 0.6) is 0 Å². The lowest BCUT2D eigenvalue weighted by atomic mass is 10.2. The molecule has 0 radical (unpaired) electrons. The Balaban J connectivity index is 2.05. The van der Waals surface area contributed by atoms with Crippen LogP contribution >= 0.6 is 39.1 Å². The van der Waals surface area contributed by atoms with E-state index in [-0.39, 0.29) is 5.91 Å². The number of carbonyl (C=O) groups is 1. The van der Waals surface area contributed by atoms with E-state index < -0.39 is 0 Å². The average Bonchev–Trinajstić information content (AvgIpc) is 2.40. The van der Waals surface area contributed by atoms with Crippen molar-refractivity contribution >= 4 is 45.0 Å². The van der Waals surface area contributed by atoms with Gasteiger partial charge in [0, 0.05) is 16.0 Å². The van der Waals surface area contributed by atoms with Crippen molar-refractivity contribution in [3.05, 3.63) is 68.1 Å². The van der Waals surface area contributed by atoms with E-state index >= 15 is 0 Å². The summed E-state index contributed by atoms with van der Waals surface area (Å²) in [6.45, 7) is 0.429. The topological polar surface area (TPSA) is 29.1 Å². The van der Waals surface area contributed by atoms with Gasteiger partial charge in [0.05, 0.1) is 10.6 Å². The van der Waals surface area contributed by atoms with E-state index in [2.05, 4.69) is 21.2 Å². The quantitative estimate of drug-likeness (QED) is 0.847. The fourth-order valence-corrected chi connectivity index (χ4v) is 2.24. The Hall–Kier alpha value is -1.03. The molecule has 0 aliphatic heterocycles. The number of hydrogen-bond acceptors (Lipinski definition) is 1. The summed E-state index contributed by atoms with van der Waals surface area (Å²) in [6.07, 6.45) is 0. The van der Waals surface area contributed by atoms with Gasteiger partial charge >= 0.3 is 0 Å². The number of nitrogens with one attached hydrogen (secondary N) is 1. The molecule has 2 nitrogen and oxygen atoms in total. The van der Waals surface area contributed by atoms with Gasteiger partial charge in [-0.3, -0.25) is 4.79 Å². The smallest absolute Gasteiger partial charge is 0.253 e. The Morgan fingerprint density at radius 3 is 2.47 bits per heavy atom. The number of carbonyl (C=O) groups excluding carboxylic acids is 1. The highest BCUT2D eigenvalue weighted by Gasteiger charge is 2.10. The molecule has 2 aromatic rings. The molecular weight excluding hydrogens is 349 g/mol. The fraction of sp³-hybridized carbons (Fsp3) is 0.0714. The van der Waals surface area contributed by atoms with E-state index in [1.807, 2.05) is 12.1 Å². The van der Waals surface area contributed by atoms with Crippen molar-refractivity contribution in [3.63, 3.8) is 0 Å². The molecule has 0 bridgehead atoms. The molecule has 0 saturated heterocycles. The van der Waals surface area contributed by atoms with Crippen LogP contribution < -0.4 is 5.32 Å². The van der Waals surface area contributed by atoms with Gasteiger partial charge in [0.2, 0.25) is 0 Å². The molecule has 0 aromatic heterocycles. The van der Waals surface area contributed by atoms with Crippen LogP contribution in [0.1, 0.15) is 15.9 Å². The fourth-order valence-electron chi connectivity index (χ4n) is 1.55. The van der Waals surface area contributed by atoms with Crippen molar-refractivity contribution in [1.29, 1.82) is 0 Å². The Morgan fingerprint density at radius 1 is 1.11 bits per heavy atom. The normalized spacial score (nSPS) is 10.3. The molecule has 0 spiro atoms. The Bertz CT molecular complexity index is 599. The van der Waals surface area contributed by atoms with Gasteiger partial charge in [0.1, 0.15) is 0 Å². The molecule has 0 saturated carbocycles. The van der Waals surface area contributed by atoms with E-state index in [1.54, 1.807) is 30.3 Å². The Labute approximate surface area is 129 Å². The zero-order chi connectivity index (χ0) is 13.8. The first-order valence-corrected chi connectivity index (χ1v) is 7.09. The minimum Gasteiger partial charge on any atom is -0.348 e. The van der Waals surface area contributed by atoms with Gasteiger partial charge in [-0.2, -0.15) is 0 Å². The van der Waals surface area contributed by atoms with Crippen LogP contribution in [0.25, 0.3) is 0 Å². The molecule has 1 N–H and O–H groups in total. The summed E-state index contributed by atoms with van der Waals surface area (Å²) >= 11 is 15.1. The first kappa shape index (κ1) is 14.4. The predicted octanol–water partition coefficient (Wildman–Crippen LogP) is 4.69. The van der Waals surface area contributed by atoms with Crippen LogP contribution in [-0.2, 0) is 6.54 Å². The van der Waals surface area contributed by atoms with Crippen molar-refractivity contribution in [2.24, 2.45) is 0 Å². The van der Waals surface area contributed by atoms with Crippen molar-refractivity contribution in [3.8, 4) is 0 Å². The standard InChI is InChI=1S/C14H10BrCl2NO/c15-10-3-6-13(17)12(7-10)14(19)18-8-9-1-4-11(16)5-2-9/h1-7H,8H2,(H,18,19). The second kappa shape index (κ2) is 6.42. The van der Waals surface area contributed by atoms with Crippen molar-refractivity contribution in [1.82, 2.24) is 5.32 Å².